The molecule has 0 aliphatic carbocycles. The summed E-state index contributed by atoms with van der Waals surface area (Å²) in [4.78, 5) is 26.9. The van der Waals surface area contributed by atoms with E-state index in [4.69, 9.17) is 0 Å². The number of carbonyl (C=O) groups is 2. The molecule has 26 heavy (non-hydrogen) atoms. The number of benzene rings is 3. The Bertz CT molecular complexity index is 1030. The Balaban J connectivity index is 1.66. The van der Waals surface area contributed by atoms with Crippen LogP contribution in [0, 0.1) is 0 Å². The molecule has 0 fully saturated rings. The van der Waals surface area contributed by atoms with Gasteiger partial charge in [0.05, 0.1) is 11.3 Å². The highest BCUT2D eigenvalue weighted by Gasteiger charge is 2.32. The Hall–Kier alpha value is -3.34. The second-order valence-corrected chi connectivity index (χ2v) is 6.51. The van der Waals surface area contributed by atoms with Crippen LogP contribution < -0.4 is 10.2 Å². The van der Waals surface area contributed by atoms with E-state index in [1.165, 1.54) is 17.0 Å². The molecule has 0 saturated heterocycles. The molecular weight excluding hydrogens is 328 g/mol. The number of anilines is 1. The number of hydrogen-bond donors (Lipinski definition) is 2. The third kappa shape index (κ3) is 2.77. The quantitative estimate of drug-likeness (QED) is 0.750. The van der Waals surface area contributed by atoms with Crippen molar-refractivity contribution in [2.45, 2.75) is 12.5 Å². The zero-order chi connectivity index (χ0) is 18.3. The zero-order valence-corrected chi connectivity index (χ0v) is 14.3. The molecule has 0 saturated carbocycles. The van der Waals surface area contributed by atoms with Crippen LogP contribution in [0.25, 0.3) is 10.8 Å². The molecule has 5 heteroatoms. The second-order valence-electron chi connectivity index (χ2n) is 6.51. The molecule has 4 rings (SSSR count). The predicted molar refractivity (Wildman–Crippen MR) is 100 cm³/mol. The van der Waals surface area contributed by atoms with Crippen LogP contribution in [-0.4, -0.2) is 30.0 Å². The predicted octanol–water partition coefficient (Wildman–Crippen LogP) is 2.86. The summed E-state index contributed by atoms with van der Waals surface area (Å²) in [5.74, 6) is -0.553. The van der Waals surface area contributed by atoms with Gasteiger partial charge in [0, 0.05) is 13.5 Å². The highest BCUT2D eigenvalue weighted by Crippen LogP contribution is 2.27. The molecule has 0 aromatic heterocycles. The second kappa shape index (κ2) is 6.19. The molecule has 2 amide bonds. The number of nitrogens with zero attached hydrogens (tertiary/aromatic N) is 1. The summed E-state index contributed by atoms with van der Waals surface area (Å²) in [6.45, 7) is 0. The fourth-order valence-corrected chi connectivity index (χ4v) is 3.39. The number of aromatic hydroxyl groups is 1. The van der Waals surface area contributed by atoms with Gasteiger partial charge in [0.2, 0.25) is 5.91 Å². The van der Waals surface area contributed by atoms with Crippen LogP contribution in [0.15, 0.2) is 60.7 Å². The number of phenols is 1. The SMILES string of the molecule is CN1C(=O)C(Cc2ccc3ccccc3c2)NC(=O)c2cc(O)ccc21. The maximum absolute atomic E-state index is 12.9. The van der Waals surface area contributed by atoms with Gasteiger partial charge >= 0.3 is 0 Å². The zero-order valence-electron chi connectivity index (χ0n) is 14.3. The Kier molecular flexibility index (Phi) is 3.84. The smallest absolute Gasteiger partial charge is 0.254 e. The van der Waals surface area contributed by atoms with Crippen molar-refractivity contribution in [3.05, 3.63) is 71.8 Å². The molecular formula is C21H18N2O3. The first kappa shape index (κ1) is 16.1. The van der Waals surface area contributed by atoms with Crippen molar-refractivity contribution in [1.82, 2.24) is 5.32 Å². The molecule has 0 bridgehead atoms. The largest absolute Gasteiger partial charge is 0.508 e. The summed E-state index contributed by atoms with van der Waals surface area (Å²) >= 11 is 0. The maximum atomic E-state index is 12.9. The highest BCUT2D eigenvalue weighted by molar-refractivity contribution is 6.11. The van der Waals surface area contributed by atoms with Crippen molar-refractivity contribution < 1.29 is 14.7 Å². The van der Waals surface area contributed by atoms with E-state index in [2.05, 4.69) is 5.32 Å². The van der Waals surface area contributed by atoms with Crippen molar-refractivity contribution in [3.63, 3.8) is 0 Å². The summed E-state index contributed by atoms with van der Waals surface area (Å²) in [7, 11) is 1.64. The Morgan fingerprint density at radius 3 is 2.58 bits per heavy atom. The van der Waals surface area contributed by atoms with E-state index in [0.717, 1.165) is 16.3 Å². The van der Waals surface area contributed by atoms with Gasteiger partial charge in [0.1, 0.15) is 11.8 Å². The Morgan fingerprint density at radius 2 is 1.77 bits per heavy atom. The molecule has 3 aromatic carbocycles. The lowest BCUT2D eigenvalue weighted by Crippen LogP contribution is -2.45. The first-order valence-electron chi connectivity index (χ1n) is 8.42. The van der Waals surface area contributed by atoms with E-state index in [-0.39, 0.29) is 17.6 Å². The van der Waals surface area contributed by atoms with Crippen LogP contribution in [0.5, 0.6) is 5.75 Å². The first-order valence-corrected chi connectivity index (χ1v) is 8.42. The maximum Gasteiger partial charge on any atom is 0.254 e. The number of carbonyl (C=O) groups excluding carboxylic acids is 2. The molecule has 3 aromatic rings. The average molecular weight is 346 g/mol. The molecule has 0 spiro atoms. The van der Waals surface area contributed by atoms with Gasteiger partial charge < -0.3 is 15.3 Å². The van der Waals surface area contributed by atoms with Crippen LogP contribution in [0.3, 0.4) is 0 Å². The fraction of sp³-hybridized carbons (Fsp3) is 0.143. The van der Waals surface area contributed by atoms with Crippen LogP contribution in [0.1, 0.15) is 15.9 Å². The van der Waals surface area contributed by atoms with Crippen molar-refractivity contribution in [2.24, 2.45) is 0 Å². The molecule has 1 aliphatic heterocycles. The summed E-state index contributed by atoms with van der Waals surface area (Å²) < 4.78 is 0. The van der Waals surface area contributed by atoms with Crippen LogP contribution >= 0.6 is 0 Å². The van der Waals surface area contributed by atoms with E-state index in [0.29, 0.717) is 17.7 Å². The lowest BCUT2D eigenvalue weighted by atomic mass is 10.0. The number of fused-ring (bicyclic) bond motifs is 2. The molecule has 1 atom stereocenters. The van der Waals surface area contributed by atoms with Gasteiger partial charge in [0.25, 0.3) is 5.91 Å². The minimum absolute atomic E-state index is 0.00673. The number of hydrogen-bond acceptors (Lipinski definition) is 3. The first-order chi connectivity index (χ1) is 12.5. The average Bonchev–Trinajstić information content (AvgIpc) is 2.73. The van der Waals surface area contributed by atoms with E-state index in [1.807, 2.05) is 42.5 Å². The van der Waals surface area contributed by atoms with E-state index in [9.17, 15) is 14.7 Å². The van der Waals surface area contributed by atoms with Crippen molar-refractivity contribution in [2.75, 3.05) is 11.9 Å². The van der Waals surface area contributed by atoms with Crippen molar-refractivity contribution in [3.8, 4) is 5.75 Å². The van der Waals surface area contributed by atoms with Crippen molar-refractivity contribution >= 4 is 28.3 Å². The number of phenolic OH excluding ortho intramolecular Hbond substituents is 1. The third-order valence-corrected chi connectivity index (χ3v) is 4.77. The molecule has 2 N–H and O–H groups in total. The third-order valence-electron chi connectivity index (χ3n) is 4.77. The minimum Gasteiger partial charge on any atom is -0.508 e. The van der Waals surface area contributed by atoms with Crippen LogP contribution in [0.2, 0.25) is 0 Å². The minimum atomic E-state index is -0.664. The standard InChI is InChI=1S/C21H18N2O3/c1-23-19-9-8-16(24)12-17(19)20(25)22-18(21(23)26)11-13-6-7-14-4-2-3-5-15(14)10-13/h2-10,12,18,24H,11H2,1H3,(H,22,25). The van der Waals surface area contributed by atoms with Gasteiger partial charge in [-0.25, -0.2) is 0 Å². The van der Waals surface area contributed by atoms with Gasteiger partial charge in [-0.15, -0.1) is 0 Å². The van der Waals surface area contributed by atoms with Crippen LogP contribution in [0.4, 0.5) is 5.69 Å². The number of likely N-dealkylation sites (N-methyl/N-ethyl adjacent to an activating group) is 1. The Labute approximate surface area is 150 Å². The number of nitrogens with one attached hydrogen (secondary N) is 1. The van der Waals surface area contributed by atoms with Gasteiger partial charge in [-0.2, -0.15) is 0 Å². The van der Waals surface area contributed by atoms with Crippen LogP contribution in [-0.2, 0) is 11.2 Å². The normalized spacial score (nSPS) is 17.0. The summed E-state index contributed by atoms with van der Waals surface area (Å²) in [6, 6.07) is 17.8. The van der Waals surface area contributed by atoms with E-state index < -0.39 is 6.04 Å². The molecule has 1 heterocycles. The molecule has 5 nitrogen and oxygen atoms in total. The van der Waals surface area contributed by atoms with Gasteiger partial charge in [0.15, 0.2) is 0 Å². The Morgan fingerprint density at radius 1 is 1.00 bits per heavy atom. The van der Waals surface area contributed by atoms with Gasteiger partial charge in [-0.3, -0.25) is 9.59 Å². The van der Waals surface area contributed by atoms with E-state index >= 15 is 0 Å². The molecule has 130 valence electrons. The topological polar surface area (TPSA) is 69.6 Å². The fourth-order valence-electron chi connectivity index (χ4n) is 3.39. The summed E-state index contributed by atoms with van der Waals surface area (Å²) in [6.07, 6.45) is 0.402. The highest BCUT2D eigenvalue weighted by atomic mass is 16.3. The van der Waals surface area contributed by atoms with E-state index in [1.54, 1.807) is 13.1 Å². The summed E-state index contributed by atoms with van der Waals surface area (Å²) in [5.41, 5.74) is 1.76. The monoisotopic (exact) mass is 346 g/mol. The lowest BCUT2D eigenvalue weighted by Gasteiger charge is -2.21. The number of rotatable bonds is 2. The van der Waals surface area contributed by atoms with Crippen molar-refractivity contribution in [1.29, 1.82) is 0 Å². The lowest BCUT2D eigenvalue weighted by molar-refractivity contribution is -0.120. The molecule has 1 unspecified atom stereocenters. The van der Waals surface area contributed by atoms with Gasteiger partial charge in [-0.05, 0) is 34.5 Å². The molecule has 0 radical (unpaired) electrons. The van der Waals surface area contributed by atoms with Gasteiger partial charge in [-0.1, -0.05) is 42.5 Å². The summed E-state index contributed by atoms with van der Waals surface area (Å²) in [5, 5.41) is 14.7. The number of amides is 2. The molecule has 1 aliphatic rings.